The number of aryl methyl sites for hydroxylation is 1. The lowest BCUT2D eigenvalue weighted by atomic mass is 9.72. The molecule has 0 radical (unpaired) electrons. The number of ketones is 1. The number of pyridine rings is 1. The molecule has 0 bridgehead atoms. The van der Waals surface area contributed by atoms with Crippen LogP contribution < -0.4 is 4.90 Å². The molecule has 0 aliphatic heterocycles. The molecule has 1 saturated carbocycles. The van der Waals surface area contributed by atoms with Crippen LogP contribution in [-0.4, -0.2) is 24.9 Å². The first kappa shape index (κ1) is 17.6. The zero-order chi connectivity index (χ0) is 18.2. The van der Waals surface area contributed by atoms with Crippen molar-refractivity contribution in [3.05, 3.63) is 47.5 Å². The third kappa shape index (κ3) is 3.44. The first-order valence-electron chi connectivity index (χ1n) is 8.76. The maximum atomic E-state index is 13.5. The Balaban J connectivity index is 2.14. The largest absolute Gasteiger partial charge is 0.376 e. The standard InChI is InChI=1S/C21H25FN2O/c1-14-10-15(22)7-8-17(14)18-11-20(23-13-19(18)24(3)4)21(2)9-5-6-16(25)12-21/h7-8,10-11,13H,5-6,9,12H2,1-4H3. The number of anilines is 1. The van der Waals surface area contributed by atoms with Crippen molar-refractivity contribution in [1.82, 2.24) is 4.98 Å². The highest BCUT2D eigenvalue weighted by Crippen LogP contribution is 2.40. The molecule has 4 heteroatoms. The minimum Gasteiger partial charge on any atom is -0.376 e. The number of nitrogens with zero attached hydrogens (tertiary/aromatic N) is 2. The zero-order valence-corrected chi connectivity index (χ0v) is 15.4. The fraction of sp³-hybridized carbons (Fsp3) is 0.429. The predicted octanol–water partition coefficient (Wildman–Crippen LogP) is 4.66. The molecule has 1 aliphatic rings. The predicted molar refractivity (Wildman–Crippen MR) is 99.5 cm³/mol. The second-order valence-electron chi connectivity index (χ2n) is 7.57. The van der Waals surface area contributed by atoms with Crippen molar-refractivity contribution in [3.8, 4) is 11.1 Å². The second-order valence-corrected chi connectivity index (χ2v) is 7.57. The molecule has 132 valence electrons. The van der Waals surface area contributed by atoms with Crippen LogP contribution in [0.15, 0.2) is 30.5 Å². The summed E-state index contributed by atoms with van der Waals surface area (Å²) in [6, 6.07) is 6.97. The van der Waals surface area contributed by atoms with Crippen molar-refractivity contribution in [3.63, 3.8) is 0 Å². The summed E-state index contributed by atoms with van der Waals surface area (Å²) in [5.41, 5.74) is 4.65. The van der Waals surface area contributed by atoms with Gasteiger partial charge in [0.2, 0.25) is 0 Å². The van der Waals surface area contributed by atoms with Crippen molar-refractivity contribution in [2.24, 2.45) is 0 Å². The van der Waals surface area contributed by atoms with E-state index in [1.54, 1.807) is 6.07 Å². The summed E-state index contributed by atoms with van der Waals surface area (Å²) in [5.74, 6) is 0.0820. The van der Waals surface area contributed by atoms with Gasteiger partial charge >= 0.3 is 0 Å². The van der Waals surface area contributed by atoms with E-state index >= 15 is 0 Å². The lowest BCUT2D eigenvalue weighted by molar-refractivity contribution is -0.121. The average molecular weight is 340 g/mol. The molecule has 3 nitrogen and oxygen atoms in total. The highest BCUT2D eigenvalue weighted by Gasteiger charge is 2.34. The lowest BCUT2D eigenvalue weighted by Crippen LogP contribution is -2.31. The van der Waals surface area contributed by atoms with Gasteiger partial charge < -0.3 is 4.90 Å². The van der Waals surface area contributed by atoms with E-state index in [2.05, 4.69) is 13.0 Å². The Kier molecular flexibility index (Phi) is 4.63. The Labute approximate surface area is 148 Å². The molecule has 3 rings (SSSR count). The summed E-state index contributed by atoms with van der Waals surface area (Å²) >= 11 is 0. The molecule has 2 aromatic rings. The molecular formula is C21H25FN2O. The summed E-state index contributed by atoms with van der Waals surface area (Å²) in [6.07, 6.45) is 4.97. The normalized spacial score (nSPS) is 20.6. The van der Waals surface area contributed by atoms with E-state index in [1.165, 1.54) is 6.07 Å². The van der Waals surface area contributed by atoms with Crippen molar-refractivity contribution in [1.29, 1.82) is 0 Å². The number of hydrogen-bond donors (Lipinski definition) is 0. The molecule has 1 unspecified atom stereocenters. The van der Waals surface area contributed by atoms with E-state index in [4.69, 9.17) is 4.98 Å². The molecule has 0 spiro atoms. The maximum Gasteiger partial charge on any atom is 0.133 e. The number of benzene rings is 1. The molecule has 25 heavy (non-hydrogen) atoms. The Morgan fingerprint density at radius 3 is 2.60 bits per heavy atom. The topological polar surface area (TPSA) is 33.2 Å². The quantitative estimate of drug-likeness (QED) is 0.814. The Hall–Kier alpha value is -2.23. The van der Waals surface area contributed by atoms with Crippen molar-refractivity contribution >= 4 is 11.5 Å². The van der Waals surface area contributed by atoms with E-state index in [0.717, 1.165) is 40.9 Å². The number of aromatic nitrogens is 1. The highest BCUT2D eigenvalue weighted by atomic mass is 19.1. The number of hydrogen-bond acceptors (Lipinski definition) is 3. The molecular weight excluding hydrogens is 315 g/mol. The monoisotopic (exact) mass is 340 g/mol. The van der Waals surface area contributed by atoms with Gasteiger partial charge in [-0.1, -0.05) is 13.0 Å². The van der Waals surface area contributed by atoms with Crippen LogP contribution in [0.25, 0.3) is 11.1 Å². The van der Waals surface area contributed by atoms with Gasteiger partial charge in [-0.25, -0.2) is 4.39 Å². The van der Waals surface area contributed by atoms with Crippen LogP contribution in [-0.2, 0) is 10.2 Å². The van der Waals surface area contributed by atoms with Gasteiger partial charge in [0.15, 0.2) is 0 Å². The molecule has 0 saturated heterocycles. The van der Waals surface area contributed by atoms with E-state index in [-0.39, 0.29) is 11.2 Å². The van der Waals surface area contributed by atoms with Crippen LogP contribution in [0, 0.1) is 12.7 Å². The molecule has 1 aromatic carbocycles. The van der Waals surface area contributed by atoms with Crippen LogP contribution in [0.4, 0.5) is 10.1 Å². The van der Waals surface area contributed by atoms with Gasteiger partial charge in [0.05, 0.1) is 11.9 Å². The first-order valence-corrected chi connectivity index (χ1v) is 8.76. The van der Waals surface area contributed by atoms with Gasteiger partial charge in [0.25, 0.3) is 0 Å². The van der Waals surface area contributed by atoms with Gasteiger partial charge in [-0.05, 0) is 49.1 Å². The van der Waals surface area contributed by atoms with Gasteiger partial charge in [-0.15, -0.1) is 0 Å². The summed E-state index contributed by atoms with van der Waals surface area (Å²) in [7, 11) is 3.95. The number of Topliss-reactive ketones (excluding diaryl/α,β-unsaturated/α-hetero) is 1. The number of carbonyl (C=O) groups excluding carboxylic acids is 1. The maximum absolute atomic E-state index is 13.5. The van der Waals surface area contributed by atoms with Crippen molar-refractivity contribution in [2.45, 2.75) is 44.9 Å². The fourth-order valence-electron chi connectivity index (χ4n) is 3.79. The fourth-order valence-corrected chi connectivity index (χ4v) is 3.79. The number of halogens is 1. The summed E-state index contributed by atoms with van der Waals surface area (Å²) in [5, 5.41) is 0. The second kappa shape index (κ2) is 6.58. The minimum atomic E-state index is -0.230. The Morgan fingerprint density at radius 1 is 1.20 bits per heavy atom. The van der Waals surface area contributed by atoms with Crippen LogP contribution in [0.3, 0.4) is 0 Å². The number of rotatable bonds is 3. The third-order valence-corrected chi connectivity index (χ3v) is 5.23. The first-order chi connectivity index (χ1) is 11.8. The molecule has 0 N–H and O–H groups in total. The van der Waals surface area contributed by atoms with Crippen LogP contribution in [0.1, 0.15) is 43.9 Å². The molecule has 1 aromatic heterocycles. The van der Waals surface area contributed by atoms with Crippen LogP contribution in [0.5, 0.6) is 0 Å². The number of carbonyl (C=O) groups is 1. The van der Waals surface area contributed by atoms with E-state index in [0.29, 0.717) is 18.6 Å². The Morgan fingerprint density at radius 2 is 1.96 bits per heavy atom. The zero-order valence-electron chi connectivity index (χ0n) is 15.4. The highest BCUT2D eigenvalue weighted by molar-refractivity contribution is 5.82. The van der Waals surface area contributed by atoms with Crippen LogP contribution in [0.2, 0.25) is 0 Å². The van der Waals surface area contributed by atoms with E-state index < -0.39 is 0 Å². The molecule has 1 heterocycles. The molecule has 1 fully saturated rings. The SMILES string of the molecule is Cc1cc(F)ccc1-c1cc(C2(C)CCCC(=O)C2)ncc1N(C)C. The summed E-state index contributed by atoms with van der Waals surface area (Å²) < 4.78 is 13.5. The van der Waals surface area contributed by atoms with Crippen molar-refractivity contribution in [2.75, 3.05) is 19.0 Å². The molecule has 1 aliphatic carbocycles. The smallest absolute Gasteiger partial charge is 0.133 e. The van der Waals surface area contributed by atoms with Gasteiger partial charge in [0.1, 0.15) is 11.6 Å². The minimum absolute atomic E-state index is 0.219. The average Bonchev–Trinajstić information content (AvgIpc) is 2.54. The van der Waals surface area contributed by atoms with Crippen molar-refractivity contribution < 1.29 is 9.18 Å². The van der Waals surface area contributed by atoms with Crippen LogP contribution >= 0.6 is 0 Å². The van der Waals surface area contributed by atoms with Gasteiger partial charge in [-0.3, -0.25) is 9.78 Å². The Bertz CT molecular complexity index is 816. The van der Waals surface area contributed by atoms with Gasteiger partial charge in [0, 0.05) is 43.6 Å². The molecule has 0 amide bonds. The third-order valence-electron chi connectivity index (χ3n) is 5.23. The van der Waals surface area contributed by atoms with E-state index in [9.17, 15) is 9.18 Å². The van der Waals surface area contributed by atoms with E-state index in [1.807, 2.05) is 38.2 Å². The summed E-state index contributed by atoms with van der Waals surface area (Å²) in [6.45, 7) is 4.05. The molecule has 1 atom stereocenters. The van der Waals surface area contributed by atoms with Gasteiger partial charge in [-0.2, -0.15) is 0 Å². The summed E-state index contributed by atoms with van der Waals surface area (Å²) in [4.78, 5) is 18.7. The lowest BCUT2D eigenvalue weighted by Gasteiger charge is -2.33.